The number of nitrogens with one attached hydrogen (secondary N) is 2. The van der Waals surface area contributed by atoms with Gasteiger partial charge >= 0.3 is 0 Å². The number of rotatable bonds is 8. The first-order valence-corrected chi connectivity index (χ1v) is 7.05. The zero-order valence-electron chi connectivity index (χ0n) is 10.7. The summed E-state index contributed by atoms with van der Waals surface area (Å²) in [4.78, 5) is 2.63. The zero-order valence-corrected chi connectivity index (χ0v) is 10.7. The van der Waals surface area contributed by atoms with Crippen molar-refractivity contribution >= 4 is 0 Å². The Morgan fingerprint density at radius 3 is 2.81 bits per heavy atom. The van der Waals surface area contributed by atoms with E-state index in [1.54, 1.807) is 0 Å². The molecule has 0 aromatic carbocycles. The predicted octanol–water partition coefficient (Wildman–Crippen LogP) is 1.06. The Bertz CT molecular complexity index is 192. The molecule has 2 fully saturated rings. The third kappa shape index (κ3) is 4.40. The first-order valence-electron chi connectivity index (χ1n) is 7.05. The van der Waals surface area contributed by atoms with Crippen LogP contribution in [0, 0.1) is 5.92 Å². The standard InChI is InChI=1S/C13H27N3/c1-2-14-7-5-12-6-9-16(11-12)10-8-15-13-3-4-13/h12-15H,2-11H2,1H3. The summed E-state index contributed by atoms with van der Waals surface area (Å²) in [5.41, 5.74) is 0. The Labute approximate surface area is 100.0 Å². The molecule has 2 N–H and O–H groups in total. The molecule has 1 aliphatic carbocycles. The van der Waals surface area contributed by atoms with E-state index >= 15 is 0 Å². The van der Waals surface area contributed by atoms with Crippen LogP contribution in [0.3, 0.4) is 0 Å². The Hall–Kier alpha value is -0.120. The molecule has 1 saturated heterocycles. The van der Waals surface area contributed by atoms with Crippen LogP contribution in [-0.2, 0) is 0 Å². The summed E-state index contributed by atoms with van der Waals surface area (Å²) in [6.45, 7) is 9.61. The molecule has 3 heteroatoms. The van der Waals surface area contributed by atoms with E-state index < -0.39 is 0 Å². The van der Waals surface area contributed by atoms with Gasteiger partial charge in [0.15, 0.2) is 0 Å². The van der Waals surface area contributed by atoms with Gasteiger partial charge in [-0.05, 0) is 51.2 Å². The molecule has 1 saturated carbocycles. The van der Waals surface area contributed by atoms with Gasteiger partial charge in [-0.3, -0.25) is 0 Å². The molecule has 0 spiro atoms. The van der Waals surface area contributed by atoms with Gasteiger partial charge in [0.2, 0.25) is 0 Å². The fourth-order valence-corrected chi connectivity index (χ4v) is 2.55. The van der Waals surface area contributed by atoms with Crippen LogP contribution < -0.4 is 10.6 Å². The van der Waals surface area contributed by atoms with Crippen LogP contribution in [-0.4, -0.2) is 50.2 Å². The fraction of sp³-hybridized carbons (Fsp3) is 1.00. The molecule has 3 nitrogen and oxygen atoms in total. The van der Waals surface area contributed by atoms with Crippen LogP contribution in [0.25, 0.3) is 0 Å². The van der Waals surface area contributed by atoms with Gasteiger partial charge in [0.1, 0.15) is 0 Å². The second-order valence-electron chi connectivity index (χ2n) is 5.33. The van der Waals surface area contributed by atoms with E-state index in [1.165, 1.54) is 58.4 Å². The molecule has 0 aromatic heterocycles. The van der Waals surface area contributed by atoms with E-state index in [0.29, 0.717) is 0 Å². The summed E-state index contributed by atoms with van der Waals surface area (Å²) in [5.74, 6) is 0.944. The van der Waals surface area contributed by atoms with E-state index in [1.807, 2.05) is 0 Å². The Morgan fingerprint density at radius 1 is 1.19 bits per heavy atom. The highest BCUT2D eigenvalue weighted by molar-refractivity contribution is 4.82. The molecule has 0 radical (unpaired) electrons. The number of hydrogen-bond donors (Lipinski definition) is 2. The molecule has 0 aromatic rings. The maximum atomic E-state index is 3.60. The molecule has 2 rings (SSSR count). The van der Waals surface area contributed by atoms with Crippen LogP contribution in [0.4, 0.5) is 0 Å². The SMILES string of the molecule is CCNCCC1CCN(CCNC2CC2)C1. The van der Waals surface area contributed by atoms with Crippen molar-refractivity contribution in [3.05, 3.63) is 0 Å². The summed E-state index contributed by atoms with van der Waals surface area (Å²) in [5, 5.41) is 7.02. The van der Waals surface area contributed by atoms with Gasteiger partial charge in [-0.25, -0.2) is 0 Å². The summed E-state index contributed by atoms with van der Waals surface area (Å²) in [7, 11) is 0. The van der Waals surface area contributed by atoms with Gasteiger partial charge in [0, 0.05) is 25.7 Å². The van der Waals surface area contributed by atoms with Crippen molar-refractivity contribution in [3.63, 3.8) is 0 Å². The lowest BCUT2D eigenvalue weighted by atomic mass is 10.1. The topological polar surface area (TPSA) is 27.3 Å². The summed E-state index contributed by atoms with van der Waals surface area (Å²) in [6, 6.07) is 0.868. The fourth-order valence-electron chi connectivity index (χ4n) is 2.55. The smallest absolute Gasteiger partial charge is 0.0107 e. The summed E-state index contributed by atoms with van der Waals surface area (Å²) >= 11 is 0. The van der Waals surface area contributed by atoms with Crippen molar-refractivity contribution in [2.75, 3.05) is 39.3 Å². The molecular formula is C13H27N3. The van der Waals surface area contributed by atoms with Crippen LogP contribution in [0.1, 0.15) is 32.6 Å². The lowest BCUT2D eigenvalue weighted by molar-refractivity contribution is 0.317. The Morgan fingerprint density at radius 2 is 2.06 bits per heavy atom. The predicted molar refractivity (Wildman–Crippen MR) is 68.7 cm³/mol. The van der Waals surface area contributed by atoms with Gasteiger partial charge in [-0.15, -0.1) is 0 Å². The van der Waals surface area contributed by atoms with E-state index in [4.69, 9.17) is 0 Å². The van der Waals surface area contributed by atoms with Crippen molar-refractivity contribution in [2.45, 2.75) is 38.6 Å². The molecule has 1 aliphatic heterocycles. The highest BCUT2D eigenvalue weighted by Crippen LogP contribution is 2.20. The monoisotopic (exact) mass is 225 g/mol. The van der Waals surface area contributed by atoms with Crippen molar-refractivity contribution in [2.24, 2.45) is 5.92 Å². The van der Waals surface area contributed by atoms with Gasteiger partial charge < -0.3 is 15.5 Å². The van der Waals surface area contributed by atoms with Crippen LogP contribution in [0.15, 0.2) is 0 Å². The van der Waals surface area contributed by atoms with Crippen molar-refractivity contribution in [3.8, 4) is 0 Å². The van der Waals surface area contributed by atoms with Crippen molar-refractivity contribution in [1.82, 2.24) is 15.5 Å². The van der Waals surface area contributed by atoms with E-state index in [-0.39, 0.29) is 0 Å². The molecule has 1 heterocycles. The van der Waals surface area contributed by atoms with Crippen LogP contribution in [0.5, 0.6) is 0 Å². The zero-order chi connectivity index (χ0) is 11.2. The summed E-state index contributed by atoms with van der Waals surface area (Å²) < 4.78 is 0. The average molecular weight is 225 g/mol. The van der Waals surface area contributed by atoms with Gasteiger partial charge in [0.05, 0.1) is 0 Å². The minimum atomic E-state index is 0.868. The lowest BCUT2D eigenvalue weighted by Crippen LogP contribution is -2.31. The molecule has 1 atom stereocenters. The molecule has 16 heavy (non-hydrogen) atoms. The third-order valence-electron chi connectivity index (χ3n) is 3.79. The number of nitrogens with zero attached hydrogens (tertiary/aromatic N) is 1. The Balaban J connectivity index is 1.49. The number of hydrogen-bond acceptors (Lipinski definition) is 3. The highest BCUT2D eigenvalue weighted by Gasteiger charge is 2.23. The molecule has 0 amide bonds. The highest BCUT2D eigenvalue weighted by atomic mass is 15.2. The third-order valence-corrected chi connectivity index (χ3v) is 3.79. The average Bonchev–Trinajstić information content (AvgIpc) is 2.99. The van der Waals surface area contributed by atoms with Gasteiger partial charge in [0.25, 0.3) is 0 Å². The molecule has 1 unspecified atom stereocenters. The lowest BCUT2D eigenvalue weighted by Gasteiger charge is -2.16. The first-order chi connectivity index (χ1) is 7.88. The maximum absolute atomic E-state index is 3.60. The van der Waals surface area contributed by atoms with Crippen LogP contribution in [0.2, 0.25) is 0 Å². The van der Waals surface area contributed by atoms with Crippen LogP contribution >= 0.6 is 0 Å². The van der Waals surface area contributed by atoms with Gasteiger partial charge in [-0.2, -0.15) is 0 Å². The maximum Gasteiger partial charge on any atom is 0.0107 e. The largest absolute Gasteiger partial charge is 0.317 e. The van der Waals surface area contributed by atoms with E-state index in [9.17, 15) is 0 Å². The van der Waals surface area contributed by atoms with Crippen molar-refractivity contribution in [1.29, 1.82) is 0 Å². The second kappa shape index (κ2) is 6.58. The molecule has 2 aliphatic rings. The molecule has 0 bridgehead atoms. The molecule has 94 valence electrons. The number of likely N-dealkylation sites (tertiary alicyclic amines) is 1. The Kier molecular flexibility index (Phi) is 5.07. The van der Waals surface area contributed by atoms with E-state index in [2.05, 4.69) is 22.5 Å². The molecular weight excluding hydrogens is 198 g/mol. The minimum Gasteiger partial charge on any atom is -0.317 e. The second-order valence-corrected chi connectivity index (χ2v) is 5.33. The van der Waals surface area contributed by atoms with Gasteiger partial charge in [-0.1, -0.05) is 6.92 Å². The quantitative estimate of drug-likeness (QED) is 0.605. The normalized spacial score (nSPS) is 26.4. The summed E-state index contributed by atoms with van der Waals surface area (Å²) in [6.07, 6.45) is 5.59. The van der Waals surface area contributed by atoms with E-state index in [0.717, 1.165) is 18.5 Å². The minimum absolute atomic E-state index is 0.868. The van der Waals surface area contributed by atoms with Crippen molar-refractivity contribution < 1.29 is 0 Å². The first kappa shape index (κ1) is 12.3.